The van der Waals surface area contributed by atoms with Gasteiger partial charge in [0.05, 0.1) is 16.2 Å². The number of para-hydroxylation sites is 1. The van der Waals surface area contributed by atoms with Crippen LogP contribution in [0, 0.1) is 10.1 Å². The maximum Gasteiger partial charge on any atom is 0.335 e. The second kappa shape index (κ2) is 8.48. The van der Waals surface area contributed by atoms with Gasteiger partial charge in [0.2, 0.25) is 0 Å². The van der Waals surface area contributed by atoms with Crippen LogP contribution < -0.4 is 4.31 Å². The number of rotatable bonds is 9. The van der Waals surface area contributed by atoms with E-state index < -0.39 is 37.5 Å². The summed E-state index contributed by atoms with van der Waals surface area (Å²) in [5, 5.41) is 29.2. The van der Waals surface area contributed by atoms with Crippen molar-refractivity contribution in [2.75, 3.05) is 10.8 Å². The zero-order chi connectivity index (χ0) is 20.9. The molecule has 0 saturated heterocycles. The van der Waals surface area contributed by atoms with Crippen LogP contribution in [0.5, 0.6) is 0 Å². The van der Waals surface area contributed by atoms with E-state index in [1.165, 1.54) is 30.3 Å². The van der Waals surface area contributed by atoms with Crippen molar-refractivity contribution < 1.29 is 33.1 Å². The Morgan fingerprint density at radius 1 is 1.07 bits per heavy atom. The molecule has 148 valence electrons. The number of carboxylic acids is 2. The average Bonchev–Trinajstić information content (AvgIpc) is 2.64. The molecule has 0 aliphatic heterocycles. The lowest BCUT2D eigenvalue weighted by atomic mass is 10.2. The van der Waals surface area contributed by atoms with Gasteiger partial charge in [-0.25, -0.2) is 13.2 Å². The standard InChI is InChI=1S/C17H16N2O8S/c20-16(21)9-4-10-18(13-6-3-5-12(11-13)17(22)23)28(26,27)15-8-2-1-7-14(15)19(24)25/h1-3,5-8,11H,4,9-10H2,(H,20,21)(H,22,23). The third-order valence-electron chi connectivity index (χ3n) is 3.76. The Labute approximate surface area is 159 Å². The van der Waals surface area contributed by atoms with Crippen molar-refractivity contribution in [1.29, 1.82) is 0 Å². The lowest BCUT2D eigenvalue weighted by molar-refractivity contribution is -0.387. The van der Waals surface area contributed by atoms with E-state index in [0.29, 0.717) is 0 Å². The number of hydrogen-bond acceptors (Lipinski definition) is 6. The van der Waals surface area contributed by atoms with Crippen LogP contribution in [0.3, 0.4) is 0 Å². The summed E-state index contributed by atoms with van der Waals surface area (Å²) in [5.74, 6) is -2.42. The maximum atomic E-state index is 13.1. The summed E-state index contributed by atoms with van der Waals surface area (Å²) in [6.45, 7) is -0.302. The molecular weight excluding hydrogens is 392 g/mol. The molecule has 0 saturated carbocycles. The predicted octanol–water partition coefficient (Wildman–Crippen LogP) is 2.35. The number of aromatic carboxylic acids is 1. The maximum absolute atomic E-state index is 13.1. The van der Waals surface area contributed by atoms with Crippen LogP contribution in [0.2, 0.25) is 0 Å². The Balaban J connectivity index is 2.58. The highest BCUT2D eigenvalue weighted by molar-refractivity contribution is 7.93. The zero-order valence-electron chi connectivity index (χ0n) is 14.4. The highest BCUT2D eigenvalue weighted by atomic mass is 32.2. The first kappa shape index (κ1) is 20.8. The van der Waals surface area contributed by atoms with Gasteiger partial charge in [-0.2, -0.15) is 0 Å². The summed E-state index contributed by atoms with van der Waals surface area (Å²) in [5.41, 5.74) is -0.859. The molecule has 0 heterocycles. The highest BCUT2D eigenvalue weighted by Crippen LogP contribution is 2.30. The minimum Gasteiger partial charge on any atom is -0.481 e. The molecule has 0 atom stereocenters. The van der Waals surface area contributed by atoms with Crippen LogP contribution >= 0.6 is 0 Å². The van der Waals surface area contributed by atoms with Crippen molar-refractivity contribution in [2.45, 2.75) is 17.7 Å². The monoisotopic (exact) mass is 408 g/mol. The Kier molecular flexibility index (Phi) is 6.31. The normalized spacial score (nSPS) is 11.0. The number of nitro benzene ring substituents is 1. The molecule has 28 heavy (non-hydrogen) atoms. The van der Waals surface area contributed by atoms with Crippen LogP contribution in [0.1, 0.15) is 23.2 Å². The van der Waals surface area contributed by atoms with Crippen molar-refractivity contribution in [2.24, 2.45) is 0 Å². The van der Waals surface area contributed by atoms with E-state index in [4.69, 9.17) is 10.2 Å². The molecule has 0 amide bonds. The lowest BCUT2D eigenvalue weighted by Crippen LogP contribution is -2.33. The number of nitro groups is 1. The molecule has 2 aromatic rings. The van der Waals surface area contributed by atoms with Crippen molar-refractivity contribution in [1.82, 2.24) is 0 Å². The van der Waals surface area contributed by atoms with E-state index in [1.54, 1.807) is 0 Å². The molecule has 0 aromatic heterocycles. The molecule has 0 bridgehead atoms. The van der Waals surface area contributed by atoms with Crippen LogP contribution in [0.4, 0.5) is 11.4 Å². The Hall–Kier alpha value is -3.47. The van der Waals surface area contributed by atoms with Gasteiger partial charge in [0, 0.05) is 19.0 Å². The van der Waals surface area contributed by atoms with Crippen molar-refractivity contribution in [3.63, 3.8) is 0 Å². The van der Waals surface area contributed by atoms with E-state index >= 15 is 0 Å². The first-order valence-corrected chi connectivity index (χ1v) is 9.40. The number of carboxylic acid groups (broad SMARTS) is 2. The van der Waals surface area contributed by atoms with Gasteiger partial charge in [-0.1, -0.05) is 18.2 Å². The lowest BCUT2D eigenvalue weighted by Gasteiger charge is -2.24. The first-order valence-electron chi connectivity index (χ1n) is 7.96. The smallest absolute Gasteiger partial charge is 0.335 e. The summed E-state index contributed by atoms with van der Waals surface area (Å²) in [6, 6.07) is 9.78. The molecule has 0 radical (unpaired) electrons. The Morgan fingerprint density at radius 2 is 1.75 bits per heavy atom. The predicted molar refractivity (Wildman–Crippen MR) is 97.9 cm³/mol. The van der Waals surface area contributed by atoms with Gasteiger partial charge in [0.25, 0.3) is 15.7 Å². The number of hydrogen-bond donors (Lipinski definition) is 2. The van der Waals surface area contributed by atoms with Crippen molar-refractivity contribution in [3.8, 4) is 0 Å². The molecule has 2 aromatic carbocycles. The van der Waals surface area contributed by atoms with Crippen LogP contribution in [0.15, 0.2) is 53.4 Å². The average molecular weight is 408 g/mol. The molecule has 0 unspecified atom stereocenters. The Morgan fingerprint density at radius 3 is 2.36 bits per heavy atom. The fourth-order valence-corrected chi connectivity index (χ4v) is 4.16. The third-order valence-corrected chi connectivity index (χ3v) is 5.64. The molecule has 0 spiro atoms. The van der Waals surface area contributed by atoms with Crippen LogP contribution in [0.25, 0.3) is 0 Å². The number of anilines is 1. The molecular formula is C17H16N2O8S. The molecule has 2 N–H and O–H groups in total. The van der Waals surface area contributed by atoms with E-state index in [2.05, 4.69) is 0 Å². The number of nitrogens with zero attached hydrogens (tertiary/aromatic N) is 2. The number of aliphatic carboxylic acids is 1. The largest absolute Gasteiger partial charge is 0.481 e. The molecule has 0 aliphatic carbocycles. The molecule has 2 rings (SSSR count). The first-order chi connectivity index (χ1) is 13.1. The second-order valence-corrected chi connectivity index (χ2v) is 7.49. The topological polar surface area (TPSA) is 155 Å². The molecule has 0 aliphatic rings. The van der Waals surface area contributed by atoms with Gasteiger partial charge in [-0.15, -0.1) is 0 Å². The second-order valence-electron chi connectivity index (χ2n) is 5.65. The van der Waals surface area contributed by atoms with E-state index in [-0.39, 0.29) is 30.6 Å². The SMILES string of the molecule is O=C(O)CCCN(c1cccc(C(=O)O)c1)S(=O)(=O)c1ccccc1[N+](=O)[O-]. The fourth-order valence-electron chi connectivity index (χ4n) is 2.50. The number of carbonyl (C=O) groups is 2. The Bertz CT molecular complexity index is 1020. The minimum atomic E-state index is -4.46. The highest BCUT2D eigenvalue weighted by Gasteiger charge is 2.32. The summed E-state index contributed by atoms with van der Waals surface area (Å²) < 4.78 is 27.1. The molecule has 11 heteroatoms. The van der Waals surface area contributed by atoms with Crippen molar-refractivity contribution in [3.05, 3.63) is 64.2 Å². The number of benzene rings is 2. The van der Waals surface area contributed by atoms with Gasteiger partial charge in [0.1, 0.15) is 0 Å². The van der Waals surface area contributed by atoms with E-state index in [9.17, 15) is 28.1 Å². The molecule has 0 fully saturated rings. The van der Waals surface area contributed by atoms with Crippen LogP contribution in [-0.4, -0.2) is 42.0 Å². The van der Waals surface area contributed by atoms with Gasteiger partial charge in [0.15, 0.2) is 4.90 Å². The number of sulfonamides is 1. The molecule has 10 nitrogen and oxygen atoms in total. The minimum absolute atomic E-state index is 0.0385. The zero-order valence-corrected chi connectivity index (χ0v) is 15.2. The summed E-state index contributed by atoms with van der Waals surface area (Å²) in [6.07, 6.45) is -0.409. The van der Waals surface area contributed by atoms with E-state index in [0.717, 1.165) is 22.5 Å². The van der Waals surface area contributed by atoms with Crippen molar-refractivity contribution >= 4 is 33.3 Å². The summed E-state index contributed by atoms with van der Waals surface area (Å²) >= 11 is 0. The fraction of sp³-hybridized carbons (Fsp3) is 0.176. The third kappa shape index (κ3) is 4.62. The summed E-state index contributed by atoms with van der Waals surface area (Å²) in [7, 11) is -4.46. The quantitative estimate of drug-likeness (QED) is 0.473. The summed E-state index contributed by atoms with van der Waals surface area (Å²) in [4.78, 5) is 31.8. The van der Waals surface area contributed by atoms with Crippen LogP contribution in [-0.2, 0) is 14.8 Å². The van der Waals surface area contributed by atoms with E-state index in [1.807, 2.05) is 0 Å². The van der Waals surface area contributed by atoms with Gasteiger partial charge >= 0.3 is 11.9 Å². The van der Waals surface area contributed by atoms with Gasteiger partial charge in [-0.3, -0.25) is 19.2 Å². The van der Waals surface area contributed by atoms with Gasteiger partial charge < -0.3 is 10.2 Å². The van der Waals surface area contributed by atoms with Gasteiger partial charge in [-0.05, 0) is 30.7 Å².